The van der Waals surface area contributed by atoms with Crippen LogP contribution >= 0.6 is 0 Å². The molecule has 0 aromatic heterocycles. The Bertz CT molecular complexity index is 3140. The number of terminal acetylenes is 2. The standard InChI is InChI=1S/C28H25N3O4.C25H22N2O5.C3H5N/c1-6-13-29-26(32)17-7-10-21-20(14-17)27(33)35-28(21)22-11-8-18(30(2)3)15-24(22)34-25-16-19(31(4)5)9-12-23(25)28;1-26(2)15-6-9-19-21(12-15)31-22-13-16(27(3)4)7-10-20(22)25(19)18-8-5-14(23(28)29)11-17(18)24(30)32-25;1-2-3-4/h1,7-12,14-16H,13H2,2-5H3,(H,29,32);5-13H,1-4H3,(H,28,29);1H,3-4H2. The molecule has 2 spiro atoms. The third-order valence-electron chi connectivity index (χ3n) is 12.6. The van der Waals surface area contributed by atoms with Crippen LogP contribution in [0.25, 0.3) is 0 Å². The zero-order valence-corrected chi connectivity index (χ0v) is 40.5. The summed E-state index contributed by atoms with van der Waals surface area (Å²) in [6.45, 7) is 0.449. The predicted octanol–water partition coefficient (Wildman–Crippen LogP) is 7.41. The minimum Gasteiger partial charge on any atom is -0.478 e. The van der Waals surface area contributed by atoms with Gasteiger partial charge in [-0.1, -0.05) is 24.0 Å². The van der Waals surface area contributed by atoms with Crippen LogP contribution in [0.5, 0.6) is 23.0 Å². The number of ether oxygens (including phenoxy) is 4. The summed E-state index contributed by atoms with van der Waals surface area (Å²) in [6, 6.07) is 32.8. The van der Waals surface area contributed by atoms with Gasteiger partial charge in [0.2, 0.25) is 0 Å². The smallest absolute Gasteiger partial charge is 0.340 e. The zero-order valence-electron chi connectivity index (χ0n) is 40.5. The number of aromatic carboxylic acids is 1. The molecule has 0 radical (unpaired) electrons. The van der Waals surface area contributed by atoms with E-state index < -0.39 is 29.1 Å². The topological polar surface area (TPSA) is 176 Å². The molecular weight excluding hydrogens is 901 g/mol. The van der Waals surface area contributed by atoms with E-state index in [0.717, 1.165) is 33.9 Å². The van der Waals surface area contributed by atoms with Gasteiger partial charge in [0, 0.05) is 142 Å². The van der Waals surface area contributed by atoms with E-state index in [1.54, 1.807) is 24.3 Å². The van der Waals surface area contributed by atoms with Crippen molar-refractivity contribution in [1.29, 1.82) is 0 Å². The van der Waals surface area contributed by atoms with Gasteiger partial charge < -0.3 is 54.7 Å². The molecule has 0 atom stereocenters. The lowest BCUT2D eigenvalue weighted by Crippen LogP contribution is -2.33. The van der Waals surface area contributed by atoms with Crippen molar-refractivity contribution in [3.05, 3.63) is 165 Å². The first-order chi connectivity index (χ1) is 33.9. The van der Waals surface area contributed by atoms with Crippen molar-refractivity contribution in [2.75, 3.05) is 89.1 Å². The normalized spacial score (nSPS) is 13.8. The Kier molecular flexibility index (Phi) is 12.9. The second kappa shape index (κ2) is 18.9. The minimum absolute atomic E-state index is 0.0381. The predicted molar refractivity (Wildman–Crippen MR) is 273 cm³/mol. The van der Waals surface area contributed by atoms with Crippen LogP contribution in [-0.4, -0.2) is 98.4 Å². The van der Waals surface area contributed by atoms with Gasteiger partial charge in [-0.2, -0.15) is 0 Å². The highest BCUT2D eigenvalue weighted by atomic mass is 16.6. The Hall–Kier alpha value is -8.92. The molecule has 15 nitrogen and oxygen atoms in total. The Morgan fingerprint density at radius 3 is 1.17 bits per heavy atom. The van der Waals surface area contributed by atoms with Gasteiger partial charge in [0.05, 0.1) is 29.8 Å². The van der Waals surface area contributed by atoms with Gasteiger partial charge >= 0.3 is 17.9 Å². The molecule has 0 saturated heterocycles. The van der Waals surface area contributed by atoms with Crippen molar-refractivity contribution >= 4 is 46.6 Å². The fraction of sp³-hybridized carbons (Fsp3) is 0.214. The molecule has 4 heterocycles. The minimum atomic E-state index is -1.22. The summed E-state index contributed by atoms with van der Waals surface area (Å²) in [5.74, 6) is 4.47. The highest BCUT2D eigenvalue weighted by Crippen LogP contribution is 2.59. The monoisotopic (exact) mass is 952 g/mol. The molecule has 0 bridgehead atoms. The summed E-state index contributed by atoms with van der Waals surface area (Å²) < 4.78 is 25.0. The molecule has 0 fully saturated rings. The molecule has 4 N–H and O–H groups in total. The molecule has 10 rings (SSSR count). The second-order valence-corrected chi connectivity index (χ2v) is 17.8. The highest BCUT2D eigenvalue weighted by molar-refractivity contribution is 6.02. The van der Waals surface area contributed by atoms with Crippen molar-refractivity contribution in [1.82, 2.24) is 5.32 Å². The van der Waals surface area contributed by atoms with Crippen molar-refractivity contribution < 1.29 is 43.2 Å². The largest absolute Gasteiger partial charge is 0.478 e. The van der Waals surface area contributed by atoms with E-state index >= 15 is 0 Å². The van der Waals surface area contributed by atoms with Crippen LogP contribution in [0.3, 0.4) is 0 Å². The average molecular weight is 953 g/mol. The summed E-state index contributed by atoms with van der Waals surface area (Å²) in [5.41, 5.74) is 11.2. The van der Waals surface area contributed by atoms with E-state index in [2.05, 4.69) is 23.6 Å². The summed E-state index contributed by atoms with van der Waals surface area (Å²) in [4.78, 5) is 58.2. The average Bonchev–Trinajstić information content (AvgIpc) is 3.82. The first-order valence-corrected chi connectivity index (χ1v) is 22.4. The van der Waals surface area contributed by atoms with Gasteiger partial charge in [-0.3, -0.25) is 4.79 Å². The summed E-state index contributed by atoms with van der Waals surface area (Å²) in [5, 5.41) is 12.0. The van der Waals surface area contributed by atoms with Gasteiger partial charge in [0.1, 0.15) is 23.0 Å². The molecule has 4 aliphatic rings. The van der Waals surface area contributed by atoms with E-state index in [9.17, 15) is 24.3 Å². The Balaban J connectivity index is 0.000000178. The molecule has 71 heavy (non-hydrogen) atoms. The molecule has 6 aromatic rings. The van der Waals surface area contributed by atoms with Crippen LogP contribution in [-0.2, 0) is 20.7 Å². The van der Waals surface area contributed by atoms with Gasteiger partial charge in [0.25, 0.3) is 5.91 Å². The number of nitrogens with one attached hydrogen (secondary N) is 1. The second-order valence-electron chi connectivity index (χ2n) is 17.8. The maximum atomic E-state index is 13.3. The lowest BCUT2D eigenvalue weighted by Gasteiger charge is -2.37. The number of anilines is 4. The summed E-state index contributed by atoms with van der Waals surface area (Å²) in [6.07, 6.45) is 9.91. The summed E-state index contributed by atoms with van der Waals surface area (Å²) >= 11 is 0. The van der Waals surface area contributed by atoms with Crippen LogP contribution in [0.15, 0.2) is 109 Å². The fourth-order valence-electron chi connectivity index (χ4n) is 9.03. The fourth-order valence-corrected chi connectivity index (χ4v) is 9.03. The zero-order chi connectivity index (χ0) is 51.1. The van der Waals surface area contributed by atoms with E-state index in [-0.39, 0.29) is 23.6 Å². The SMILES string of the molecule is C#CCN.C#CCNC(=O)c1ccc2c(c1)C(=O)OC21c2ccc(N(C)C)cc2Oc2cc(N(C)C)ccc21.CN(C)c1ccc2c(c1)Oc1cc(N(C)C)ccc1C21OC(=O)c2cc(C(=O)O)ccc21. The van der Waals surface area contributed by atoms with E-state index in [4.69, 9.17) is 31.1 Å². The molecule has 0 unspecified atom stereocenters. The lowest BCUT2D eigenvalue weighted by atomic mass is 9.77. The number of carboxylic acid groups (broad SMARTS) is 1. The van der Waals surface area contributed by atoms with Gasteiger partial charge in [-0.15, -0.1) is 12.8 Å². The number of amides is 1. The molecule has 15 heteroatoms. The number of hydrogen-bond acceptors (Lipinski definition) is 13. The maximum Gasteiger partial charge on any atom is 0.340 e. The first kappa shape index (κ1) is 48.5. The lowest BCUT2D eigenvalue weighted by molar-refractivity contribution is 0.0214. The highest BCUT2D eigenvalue weighted by Gasteiger charge is 2.55. The third-order valence-corrected chi connectivity index (χ3v) is 12.6. The molecule has 4 aliphatic heterocycles. The van der Waals surface area contributed by atoms with Crippen molar-refractivity contribution in [2.45, 2.75) is 11.2 Å². The Morgan fingerprint density at radius 1 is 0.535 bits per heavy atom. The van der Waals surface area contributed by atoms with Gasteiger partial charge in [-0.05, 0) is 72.8 Å². The first-order valence-electron chi connectivity index (χ1n) is 22.4. The number of carboxylic acids is 1. The van der Waals surface area contributed by atoms with Crippen LogP contribution in [0, 0.1) is 24.7 Å². The molecule has 6 aromatic carbocycles. The Labute approximate surface area is 412 Å². The number of carbonyl (C=O) groups excluding carboxylic acids is 3. The van der Waals surface area contributed by atoms with Crippen LogP contribution in [0.1, 0.15) is 74.8 Å². The van der Waals surface area contributed by atoms with E-state index in [1.165, 1.54) is 12.1 Å². The summed E-state index contributed by atoms with van der Waals surface area (Å²) in [7, 11) is 15.6. The Morgan fingerprint density at radius 2 is 0.859 bits per heavy atom. The number of esters is 2. The number of carbonyl (C=O) groups is 4. The number of benzene rings is 6. The van der Waals surface area contributed by atoms with Gasteiger partial charge in [0.15, 0.2) is 11.2 Å². The molecular formula is C56H52N6O9. The molecule has 1 amide bonds. The molecule has 0 aliphatic carbocycles. The third kappa shape index (κ3) is 8.32. The van der Waals surface area contributed by atoms with Crippen molar-refractivity contribution in [3.8, 4) is 47.7 Å². The number of fused-ring (bicyclic) bond motifs is 12. The van der Waals surface area contributed by atoms with Crippen molar-refractivity contribution in [3.63, 3.8) is 0 Å². The van der Waals surface area contributed by atoms with Crippen molar-refractivity contribution in [2.24, 2.45) is 5.73 Å². The van der Waals surface area contributed by atoms with E-state index in [0.29, 0.717) is 62.9 Å². The number of hydrogen-bond donors (Lipinski definition) is 3. The van der Waals surface area contributed by atoms with Crippen LogP contribution < -0.4 is 40.1 Å². The number of nitrogens with zero attached hydrogens (tertiary/aromatic N) is 4. The van der Waals surface area contributed by atoms with E-state index in [1.807, 2.05) is 149 Å². The van der Waals surface area contributed by atoms with Crippen LogP contribution in [0.2, 0.25) is 0 Å². The quantitative estimate of drug-likeness (QED) is 0.107. The molecule has 0 saturated carbocycles. The maximum absolute atomic E-state index is 13.3. The number of rotatable bonds is 7. The number of nitrogens with two attached hydrogens (primary N) is 1. The molecule has 360 valence electrons. The van der Waals surface area contributed by atoms with Crippen LogP contribution in [0.4, 0.5) is 22.7 Å². The van der Waals surface area contributed by atoms with Gasteiger partial charge in [-0.25, -0.2) is 14.4 Å².